The summed E-state index contributed by atoms with van der Waals surface area (Å²) in [5.74, 6) is 0. The van der Waals surface area contributed by atoms with Crippen molar-refractivity contribution in [1.82, 2.24) is 0 Å². The molecule has 0 saturated carbocycles. The van der Waals surface area contributed by atoms with Crippen LogP contribution in [0.4, 0.5) is 13.2 Å². The fourth-order valence-corrected chi connectivity index (χ4v) is 3.61. The Morgan fingerprint density at radius 2 is 1.43 bits per heavy atom. The second-order valence-electron chi connectivity index (χ2n) is 2.72. The van der Waals surface area contributed by atoms with Crippen molar-refractivity contribution in [2.24, 2.45) is 0 Å². The highest BCUT2D eigenvalue weighted by atomic mass is 28.4. The molecule has 0 aliphatic carbocycles. The van der Waals surface area contributed by atoms with Crippen LogP contribution in [0.1, 0.15) is 13.3 Å². The Balaban J connectivity index is 4.94. The summed E-state index contributed by atoms with van der Waals surface area (Å²) in [6, 6.07) is 0. The van der Waals surface area contributed by atoms with Crippen LogP contribution in [-0.2, 0) is 13.3 Å². The lowest BCUT2D eigenvalue weighted by Gasteiger charge is -2.32. The molecule has 0 saturated heterocycles. The zero-order chi connectivity index (χ0) is 11.4. The first-order valence-corrected chi connectivity index (χ1v) is 5.90. The molecule has 0 aliphatic heterocycles. The molecular formula is C7H15F3O3Si. The third kappa shape index (κ3) is 2.69. The first kappa shape index (κ1) is 13.9. The maximum absolute atomic E-state index is 12.6. The number of hydrogen-bond donors (Lipinski definition) is 0. The Morgan fingerprint density at radius 1 is 1.07 bits per heavy atom. The lowest BCUT2D eigenvalue weighted by Crippen LogP contribution is -2.52. The van der Waals surface area contributed by atoms with E-state index in [1.807, 2.05) is 0 Å². The van der Waals surface area contributed by atoms with Gasteiger partial charge in [0, 0.05) is 21.3 Å². The molecule has 1 atom stereocenters. The van der Waals surface area contributed by atoms with E-state index in [1.165, 1.54) is 28.3 Å². The summed E-state index contributed by atoms with van der Waals surface area (Å²) < 4.78 is 52.1. The molecule has 86 valence electrons. The van der Waals surface area contributed by atoms with Gasteiger partial charge in [-0.25, -0.2) is 0 Å². The molecule has 0 fully saturated rings. The Morgan fingerprint density at radius 3 is 1.50 bits per heavy atom. The maximum atomic E-state index is 12.6. The maximum Gasteiger partial charge on any atom is 0.512 e. The highest BCUT2D eigenvalue weighted by molar-refractivity contribution is 6.62. The molecule has 0 aliphatic rings. The number of hydrogen-bond acceptors (Lipinski definition) is 3. The zero-order valence-electron chi connectivity index (χ0n) is 8.64. The molecule has 1 unspecified atom stereocenters. The Kier molecular flexibility index (Phi) is 5.06. The Hall–Kier alpha value is -0.113. The van der Waals surface area contributed by atoms with Crippen LogP contribution in [0.2, 0.25) is 5.54 Å². The predicted octanol–water partition coefficient (Wildman–Crippen LogP) is 2.21. The Bertz CT molecular complexity index is 162. The normalized spacial score (nSPS) is 15.6. The van der Waals surface area contributed by atoms with Crippen molar-refractivity contribution in [2.75, 3.05) is 21.3 Å². The van der Waals surface area contributed by atoms with E-state index in [-0.39, 0.29) is 6.42 Å². The summed E-state index contributed by atoms with van der Waals surface area (Å²) in [5, 5.41) is 0. The summed E-state index contributed by atoms with van der Waals surface area (Å²) in [4.78, 5) is 0. The van der Waals surface area contributed by atoms with Gasteiger partial charge in [-0.3, -0.25) is 0 Å². The molecule has 0 bridgehead atoms. The van der Waals surface area contributed by atoms with Crippen molar-refractivity contribution in [3.63, 3.8) is 0 Å². The molecule has 0 N–H and O–H groups in total. The van der Waals surface area contributed by atoms with Crippen LogP contribution in [0.15, 0.2) is 0 Å². The minimum atomic E-state index is -4.36. The smallest absolute Gasteiger partial charge is 0.376 e. The molecule has 0 rings (SSSR count). The van der Waals surface area contributed by atoms with Crippen LogP contribution in [0.5, 0.6) is 0 Å². The van der Waals surface area contributed by atoms with Crippen molar-refractivity contribution in [1.29, 1.82) is 0 Å². The summed E-state index contributed by atoms with van der Waals surface area (Å²) in [5.41, 5.74) is -1.67. The monoisotopic (exact) mass is 232 g/mol. The molecule has 0 aromatic rings. The van der Waals surface area contributed by atoms with E-state index in [4.69, 9.17) is 13.3 Å². The average Bonchev–Trinajstić information content (AvgIpc) is 2.12. The van der Waals surface area contributed by atoms with Gasteiger partial charge in [0.25, 0.3) is 0 Å². The van der Waals surface area contributed by atoms with Crippen molar-refractivity contribution in [2.45, 2.75) is 25.1 Å². The third-order valence-corrected chi connectivity index (χ3v) is 5.38. The molecule has 0 heterocycles. The summed E-state index contributed by atoms with van der Waals surface area (Å²) in [7, 11) is -0.0846. The molecule has 0 radical (unpaired) electrons. The molecule has 0 aromatic carbocycles. The van der Waals surface area contributed by atoms with E-state index in [9.17, 15) is 13.2 Å². The quantitative estimate of drug-likeness (QED) is 0.680. The summed E-state index contributed by atoms with van der Waals surface area (Å²) in [6.45, 7) is 1.43. The first-order valence-electron chi connectivity index (χ1n) is 4.10. The predicted molar refractivity (Wildman–Crippen MR) is 46.9 cm³/mol. The van der Waals surface area contributed by atoms with E-state index in [0.29, 0.717) is 0 Å². The second kappa shape index (κ2) is 5.10. The van der Waals surface area contributed by atoms with Crippen LogP contribution >= 0.6 is 0 Å². The molecular weight excluding hydrogens is 217 g/mol. The molecule has 0 spiro atoms. The number of rotatable bonds is 5. The largest absolute Gasteiger partial charge is 0.512 e. The van der Waals surface area contributed by atoms with E-state index < -0.39 is 20.5 Å². The van der Waals surface area contributed by atoms with Crippen LogP contribution < -0.4 is 0 Å². The highest BCUT2D eigenvalue weighted by Gasteiger charge is 2.59. The van der Waals surface area contributed by atoms with Gasteiger partial charge in [-0.05, 0) is 6.42 Å². The molecule has 0 amide bonds. The van der Waals surface area contributed by atoms with Crippen molar-refractivity contribution < 1.29 is 26.4 Å². The van der Waals surface area contributed by atoms with Gasteiger partial charge in [0.1, 0.15) is 5.54 Å². The van der Waals surface area contributed by atoms with E-state index in [0.717, 1.165) is 0 Å². The lowest BCUT2D eigenvalue weighted by molar-refractivity contribution is -0.148. The third-order valence-electron chi connectivity index (χ3n) is 2.08. The lowest BCUT2D eigenvalue weighted by atomic mass is 10.3. The number of halogens is 3. The summed E-state index contributed by atoms with van der Waals surface area (Å²) >= 11 is 0. The molecule has 3 nitrogen and oxygen atoms in total. The van der Waals surface area contributed by atoms with Crippen LogP contribution in [0.25, 0.3) is 0 Å². The SMILES string of the molecule is CCC(C(F)(F)F)[Si](OC)(OC)OC. The van der Waals surface area contributed by atoms with E-state index in [2.05, 4.69) is 0 Å². The van der Waals surface area contributed by atoms with Crippen molar-refractivity contribution in [3.8, 4) is 0 Å². The second-order valence-corrected chi connectivity index (χ2v) is 5.85. The topological polar surface area (TPSA) is 27.7 Å². The summed E-state index contributed by atoms with van der Waals surface area (Å²) in [6.07, 6.45) is -4.48. The van der Waals surface area contributed by atoms with Gasteiger partial charge in [0.2, 0.25) is 0 Å². The fourth-order valence-electron chi connectivity index (χ4n) is 1.36. The van der Waals surface area contributed by atoms with Gasteiger partial charge >= 0.3 is 15.0 Å². The van der Waals surface area contributed by atoms with Crippen LogP contribution in [-0.4, -0.2) is 36.3 Å². The van der Waals surface area contributed by atoms with Gasteiger partial charge < -0.3 is 13.3 Å². The van der Waals surface area contributed by atoms with Gasteiger partial charge in [-0.1, -0.05) is 6.92 Å². The first-order chi connectivity index (χ1) is 6.37. The van der Waals surface area contributed by atoms with Gasteiger partial charge in [-0.15, -0.1) is 0 Å². The van der Waals surface area contributed by atoms with Crippen molar-refractivity contribution in [3.05, 3.63) is 0 Å². The fraction of sp³-hybridized carbons (Fsp3) is 1.00. The van der Waals surface area contributed by atoms with Crippen LogP contribution in [0, 0.1) is 0 Å². The average molecular weight is 232 g/mol. The van der Waals surface area contributed by atoms with E-state index in [1.54, 1.807) is 0 Å². The Labute approximate surface area is 82.5 Å². The molecule has 14 heavy (non-hydrogen) atoms. The zero-order valence-corrected chi connectivity index (χ0v) is 9.64. The molecule has 7 heteroatoms. The highest BCUT2D eigenvalue weighted by Crippen LogP contribution is 2.41. The minimum absolute atomic E-state index is 0.120. The number of alkyl halides is 3. The molecule has 0 aromatic heterocycles. The van der Waals surface area contributed by atoms with Crippen LogP contribution in [0.3, 0.4) is 0 Å². The minimum Gasteiger partial charge on any atom is -0.376 e. The van der Waals surface area contributed by atoms with Gasteiger partial charge in [0.15, 0.2) is 0 Å². The van der Waals surface area contributed by atoms with E-state index >= 15 is 0 Å². The standard InChI is InChI=1S/C7H15F3O3Si/c1-5-6(7(8,9)10)14(11-2,12-3)13-4/h6H,5H2,1-4H3. The van der Waals surface area contributed by atoms with Gasteiger partial charge in [0.05, 0.1) is 0 Å². The van der Waals surface area contributed by atoms with Gasteiger partial charge in [-0.2, -0.15) is 13.2 Å². The van der Waals surface area contributed by atoms with Crippen molar-refractivity contribution >= 4 is 8.80 Å².